The Morgan fingerprint density at radius 3 is 2.26 bits per heavy atom. The van der Waals surface area contributed by atoms with Crippen LogP contribution in [0.4, 0.5) is 0 Å². The van der Waals surface area contributed by atoms with Crippen molar-refractivity contribution in [2.45, 2.75) is 63.4 Å². The minimum absolute atomic E-state index is 0.0881. The average Bonchev–Trinajstić information content (AvgIpc) is 2.41. The molecule has 3 fully saturated rings. The molecule has 0 aromatic heterocycles. The van der Waals surface area contributed by atoms with E-state index in [2.05, 4.69) is 5.32 Å². The second-order valence-electron chi connectivity index (χ2n) is 7.85. The molecule has 0 bridgehead atoms. The van der Waals surface area contributed by atoms with Crippen LogP contribution in [0.25, 0.3) is 0 Å². The maximum Gasteiger partial charge on any atom is 0.226 e. The van der Waals surface area contributed by atoms with Gasteiger partial charge in [0.15, 0.2) is 0 Å². The lowest BCUT2D eigenvalue weighted by molar-refractivity contribution is -0.152. The van der Waals surface area contributed by atoms with Gasteiger partial charge in [0.1, 0.15) is 0 Å². The molecule has 1 atom stereocenters. The molecule has 5 nitrogen and oxygen atoms in total. The molecule has 0 radical (unpaired) electrons. The molecule has 1 heterocycles. The smallest absolute Gasteiger partial charge is 0.226 e. The van der Waals surface area contributed by atoms with Gasteiger partial charge in [-0.2, -0.15) is 0 Å². The molecule has 23 heavy (non-hydrogen) atoms. The van der Waals surface area contributed by atoms with Gasteiger partial charge < -0.3 is 15.3 Å². The van der Waals surface area contributed by atoms with Crippen LogP contribution in [0.15, 0.2) is 0 Å². The normalized spacial score (nSPS) is 29.1. The highest BCUT2D eigenvalue weighted by Gasteiger charge is 2.45. The van der Waals surface area contributed by atoms with Crippen LogP contribution in [0.5, 0.6) is 0 Å². The second kappa shape index (κ2) is 6.80. The number of nitrogens with one attached hydrogen (secondary N) is 1. The van der Waals surface area contributed by atoms with E-state index < -0.39 is 5.60 Å². The van der Waals surface area contributed by atoms with Crippen LogP contribution >= 0.6 is 0 Å². The fourth-order valence-electron chi connectivity index (χ4n) is 4.43. The number of β-amino-alcohol motifs (C(OH)–C–C–N with tert-alkyl or cyclic N) is 1. The lowest BCUT2D eigenvalue weighted by Gasteiger charge is -2.46. The first-order valence-corrected chi connectivity index (χ1v) is 9.24. The molecule has 2 saturated carbocycles. The lowest BCUT2D eigenvalue weighted by atomic mass is 9.64. The quantitative estimate of drug-likeness (QED) is 0.809. The zero-order valence-corrected chi connectivity index (χ0v) is 14.2. The van der Waals surface area contributed by atoms with Gasteiger partial charge in [0.2, 0.25) is 11.8 Å². The molecular formula is C18H30N2O3. The van der Waals surface area contributed by atoms with Crippen molar-refractivity contribution < 1.29 is 14.7 Å². The summed E-state index contributed by atoms with van der Waals surface area (Å²) in [6.45, 7) is 1.04. The predicted octanol–water partition coefficient (Wildman–Crippen LogP) is 1.69. The van der Waals surface area contributed by atoms with Gasteiger partial charge in [-0.3, -0.25) is 9.59 Å². The van der Waals surface area contributed by atoms with Crippen molar-refractivity contribution in [2.75, 3.05) is 20.1 Å². The first-order chi connectivity index (χ1) is 11.0. The summed E-state index contributed by atoms with van der Waals surface area (Å²) in [5, 5.41) is 13.3. The number of hydrogen-bond donors (Lipinski definition) is 2. The fourth-order valence-corrected chi connectivity index (χ4v) is 4.43. The molecule has 0 spiro atoms. The number of piperidine rings is 1. The van der Waals surface area contributed by atoms with E-state index in [1.165, 1.54) is 38.5 Å². The third-order valence-electron chi connectivity index (χ3n) is 6.24. The number of carbonyl (C=O) groups is 2. The topological polar surface area (TPSA) is 69.6 Å². The summed E-state index contributed by atoms with van der Waals surface area (Å²) in [5.74, 6) is 1.37. The predicted molar refractivity (Wildman–Crippen MR) is 87.6 cm³/mol. The molecule has 130 valence electrons. The van der Waals surface area contributed by atoms with Crippen molar-refractivity contribution >= 4 is 11.8 Å². The Hall–Kier alpha value is -1.10. The molecule has 2 aliphatic carbocycles. The summed E-state index contributed by atoms with van der Waals surface area (Å²) < 4.78 is 0. The number of amides is 2. The van der Waals surface area contributed by atoms with Crippen LogP contribution in [0.2, 0.25) is 0 Å². The minimum Gasteiger partial charge on any atom is -0.388 e. The largest absolute Gasteiger partial charge is 0.388 e. The van der Waals surface area contributed by atoms with E-state index in [-0.39, 0.29) is 24.2 Å². The van der Waals surface area contributed by atoms with E-state index in [1.807, 2.05) is 4.90 Å². The van der Waals surface area contributed by atoms with Crippen LogP contribution in [-0.2, 0) is 9.59 Å². The van der Waals surface area contributed by atoms with E-state index in [9.17, 15) is 14.7 Å². The number of aliphatic hydroxyl groups is 1. The zero-order chi connectivity index (χ0) is 16.4. The van der Waals surface area contributed by atoms with E-state index in [1.54, 1.807) is 7.05 Å². The highest BCUT2D eigenvalue weighted by Crippen LogP contribution is 2.45. The first-order valence-electron chi connectivity index (χ1n) is 9.24. The number of nitrogens with zero attached hydrogens (tertiary/aromatic N) is 1. The Bertz CT molecular complexity index is 445. The summed E-state index contributed by atoms with van der Waals surface area (Å²) in [7, 11) is 1.58. The second-order valence-corrected chi connectivity index (χ2v) is 7.85. The van der Waals surface area contributed by atoms with E-state index in [4.69, 9.17) is 0 Å². The van der Waals surface area contributed by atoms with Crippen LogP contribution in [0, 0.1) is 17.8 Å². The Labute approximate surface area is 138 Å². The molecule has 3 aliphatic rings. The summed E-state index contributed by atoms with van der Waals surface area (Å²) in [6, 6.07) is 0. The lowest BCUT2D eigenvalue weighted by Crippen LogP contribution is -2.55. The van der Waals surface area contributed by atoms with Crippen LogP contribution in [0.1, 0.15) is 57.8 Å². The highest BCUT2D eigenvalue weighted by molar-refractivity contribution is 5.80. The third-order valence-corrected chi connectivity index (χ3v) is 6.24. The van der Waals surface area contributed by atoms with Gasteiger partial charge >= 0.3 is 0 Å². The Morgan fingerprint density at radius 1 is 1.17 bits per heavy atom. The molecule has 0 aromatic carbocycles. The molecule has 2 amide bonds. The summed E-state index contributed by atoms with van der Waals surface area (Å²) in [4.78, 5) is 26.6. The molecular weight excluding hydrogens is 292 g/mol. The molecule has 1 saturated heterocycles. The van der Waals surface area contributed by atoms with Crippen molar-refractivity contribution in [3.05, 3.63) is 0 Å². The van der Waals surface area contributed by atoms with Gasteiger partial charge in [-0.25, -0.2) is 0 Å². The first kappa shape index (κ1) is 16.7. The Kier molecular flexibility index (Phi) is 4.95. The summed E-state index contributed by atoms with van der Waals surface area (Å²) >= 11 is 0. The highest BCUT2D eigenvalue weighted by atomic mass is 16.3. The maximum absolute atomic E-state index is 13.1. The Balaban J connectivity index is 1.66. The van der Waals surface area contributed by atoms with Gasteiger partial charge in [0.05, 0.1) is 12.0 Å². The molecule has 1 unspecified atom stereocenters. The van der Waals surface area contributed by atoms with Crippen molar-refractivity contribution in [3.63, 3.8) is 0 Å². The van der Waals surface area contributed by atoms with Crippen LogP contribution < -0.4 is 5.32 Å². The number of rotatable bonds is 5. The Morgan fingerprint density at radius 2 is 1.78 bits per heavy atom. The minimum atomic E-state index is -1.06. The van der Waals surface area contributed by atoms with Crippen molar-refractivity contribution in [3.8, 4) is 0 Å². The standard InChI is InChI=1S/C18H30N2O3/c1-19-15(21)11-18(23)9-4-10-20(12-18)17(22)16(13-5-2-6-13)14-7-3-8-14/h13-14,16,23H,2-12H2,1H3,(H,19,21). The van der Waals surface area contributed by atoms with Gasteiger partial charge in [-0.15, -0.1) is 0 Å². The van der Waals surface area contributed by atoms with Gasteiger partial charge in [-0.1, -0.05) is 12.8 Å². The van der Waals surface area contributed by atoms with E-state index in [0.29, 0.717) is 24.8 Å². The molecule has 1 aliphatic heterocycles. The monoisotopic (exact) mass is 322 g/mol. The maximum atomic E-state index is 13.1. The van der Waals surface area contributed by atoms with E-state index >= 15 is 0 Å². The van der Waals surface area contributed by atoms with Gasteiger partial charge in [-0.05, 0) is 50.4 Å². The summed E-state index contributed by atoms with van der Waals surface area (Å²) in [5.41, 5.74) is -1.06. The van der Waals surface area contributed by atoms with E-state index in [0.717, 1.165) is 13.0 Å². The number of carbonyl (C=O) groups excluding carboxylic acids is 2. The molecule has 3 rings (SSSR count). The average molecular weight is 322 g/mol. The number of hydrogen-bond acceptors (Lipinski definition) is 3. The van der Waals surface area contributed by atoms with Gasteiger partial charge in [0.25, 0.3) is 0 Å². The molecule has 0 aromatic rings. The number of likely N-dealkylation sites (tertiary alicyclic amines) is 1. The molecule has 2 N–H and O–H groups in total. The van der Waals surface area contributed by atoms with Gasteiger partial charge in [0, 0.05) is 26.1 Å². The fraction of sp³-hybridized carbons (Fsp3) is 0.889. The summed E-state index contributed by atoms with van der Waals surface area (Å²) in [6.07, 6.45) is 8.70. The zero-order valence-electron chi connectivity index (χ0n) is 14.2. The van der Waals surface area contributed by atoms with Crippen molar-refractivity contribution in [1.29, 1.82) is 0 Å². The van der Waals surface area contributed by atoms with Crippen LogP contribution in [0.3, 0.4) is 0 Å². The van der Waals surface area contributed by atoms with Crippen molar-refractivity contribution in [2.24, 2.45) is 17.8 Å². The third kappa shape index (κ3) is 3.54. The SMILES string of the molecule is CNC(=O)CC1(O)CCCN(C(=O)C(C2CCC2)C2CCC2)C1. The van der Waals surface area contributed by atoms with Crippen LogP contribution in [-0.4, -0.2) is 47.6 Å². The van der Waals surface area contributed by atoms with Crippen molar-refractivity contribution in [1.82, 2.24) is 10.2 Å². The molecule has 5 heteroatoms.